The summed E-state index contributed by atoms with van der Waals surface area (Å²) < 4.78 is 0. The summed E-state index contributed by atoms with van der Waals surface area (Å²) in [6.07, 6.45) is 7.88. The second kappa shape index (κ2) is 6.84. The molecule has 0 unspecified atom stereocenters. The van der Waals surface area contributed by atoms with Crippen LogP contribution in [0.15, 0.2) is 71.9 Å². The summed E-state index contributed by atoms with van der Waals surface area (Å²) in [5.41, 5.74) is 5.68. The van der Waals surface area contributed by atoms with Gasteiger partial charge in [-0.15, -0.1) is 0 Å². The Labute approximate surface area is 100 Å². The van der Waals surface area contributed by atoms with Crippen LogP contribution in [0.3, 0.4) is 0 Å². The van der Waals surface area contributed by atoms with Crippen molar-refractivity contribution in [2.24, 2.45) is 0 Å². The summed E-state index contributed by atoms with van der Waals surface area (Å²) in [6, 6.07) is 0. The lowest BCUT2D eigenvalue weighted by molar-refractivity contribution is 1.30. The van der Waals surface area contributed by atoms with Crippen LogP contribution in [-0.4, -0.2) is 0 Å². The molecule has 0 rings (SSSR count). The van der Waals surface area contributed by atoms with E-state index in [1.807, 2.05) is 26.0 Å². The molecule has 0 amide bonds. The molecule has 0 saturated carbocycles. The molecule has 86 valence electrons. The van der Waals surface area contributed by atoms with Gasteiger partial charge in [0.05, 0.1) is 0 Å². The zero-order valence-corrected chi connectivity index (χ0v) is 10.9. The molecule has 0 nitrogen and oxygen atoms in total. The van der Waals surface area contributed by atoms with Crippen molar-refractivity contribution in [3.63, 3.8) is 0 Å². The van der Waals surface area contributed by atoms with E-state index in [1.54, 1.807) is 6.08 Å². The molecule has 0 aliphatic rings. The molecule has 0 heteroatoms. The van der Waals surface area contributed by atoms with Gasteiger partial charge in [0.15, 0.2) is 0 Å². The van der Waals surface area contributed by atoms with Gasteiger partial charge in [0.2, 0.25) is 0 Å². The first kappa shape index (κ1) is 14.4. The van der Waals surface area contributed by atoms with Crippen molar-refractivity contribution in [1.29, 1.82) is 0 Å². The predicted octanol–water partition coefficient (Wildman–Crippen LogP) is 5.14. The Kier molecular flexibility index (Phi) is 6.17. The minimum absolute atomic E-state index is 1.06. The predicted molar refractivity (Wildman–Crippen MR) is 75.4 cm³/mol. The third kappa shape index (κ3) is 4.79. The Bertz CT molecular complexity index is 384. The molecule has 0 aromatic rings. The van der Waals surface area contributed by atoms with Gasteiger partial charge in [0.25, 0.3) is 0 Å². The largest absolute Gasteiger partial charge is 0.0991 e. The van der Waals surface area contributed by atoms with E-state index in [9.17, 15) is 0 Å². The van der Waals surface area contributed by atoms with E-state index in [0.29, 0.717) is 0 Å². The quantitative estimate of drug-likeness (QED) is 0.556. The maximum Gasteiger partial charge on any atom is -0.0201 e. The molecule has 0 aliphatic carbocycles. The highest BCUT2D eigenvalue weighted by Gasteiger charge is 2.00. The first-order valence-corrected chi connectivity index (χ1v) is 5.40. The molecule has 0 N–H and O–H groups in total. The van der Waals surface area contributed by atoms with Crippen LogP contribution in [-0.2, 0) is 0 Å². The maximum absolute atomic E-state index is 4.01. The van der Waals surface area contributed by atoms with Gasteiger partial charge in [-0.2, -0.15) is 0 Å². The third-order valence-electron chi connectivity index (χ3n) is 2.40. The number of hydrogen-bond acceptors (Lipinski definition) is 0. The summed E-state index contributed by atoms with van der Waals surface area (Å²) in [5, 5.41) is 0. The molecule has 16 heavy (non-hydrogen) atoms. The Hall–Kier alpha value is -1.56. The minimum atomic E-state index is 1.06. The van der Waals surface area contributed by atoms with Crippen LogP contribution in [0.1, 0.15) is 27.7 Å². The van der Waals surface area contributed by atoms with E-state index in [4.69, 9.17) is 0 Å². The van der Waals surface area contributed by atoms with Crippen molar-refractivity contribution in [1.82, 2.24) is 0 Å². The van der Waals surface area contributed by atoms with Crippen LogP contribution in [0.25, 0.3) is 0 Å². The minimum Gasteiger partial charge on any atom is -0.0991 e. The summed E-state index contributed by atoms with van der Waals surface area (Å²) in [7, 11) is 0. The van der Waals surface area contributed by atoms with E-state index >= 15 is 0 Å². The molecule has 0 aromatic heterocycles. The Morgan fingerprint density at radius 1 is 0.938 bits per heavy atom. The van der Waals surface area contributed by atoms with Crippen LogP contribution in [0, 0.1) is 0 Å². The molecule has 0 heterocycles. The highest BCUT2D eigenvalue weighted by molar-refractivity contribution is 5.48. The van der Waals surface area contributed by atoms with E-state index in [0.717, 1.165) is 11.1 Å². The van der Waals surface area contributed by atoms with Crippen LogP contribution in [0.4, 0.5) is 0 Å². The van der Waals surface area contributed by atoms with E-state index in [-0.39, 0.29) is 0 Å². The lowest BCUT2D eigenvalue weighted by Gasteiger charge is -2.07. The molecular weight excluding hydrogens is 192 g/mol. The molecule has 0 aliphatic heterocycles. The fourth-order valence-electron chi connectivity index (χ4n) is 1.22. The van der Waals surface area contributed by atoms with Crippen molar-refractivity contribution < 1.29 is 0 Å². The molecule has 0 spiro atoms. The van der Waals surface area contributed by atoms with E-state index in [1.165, 1.54) is 16.7 Å². The summed E-state index contributed by atoms with van der Waals surface area (Å²) in [5.74, 6) is 0. The summed E-state index contributed by atoms with van der Waals surface area (Å²) in [6.45, 7) is 19.8. The van der Waals surface area contributed by atoms with Crippen LogP contribution in [0.2, 0.25) is 0 Å². The summed E-state index contributed by atoms with van der Waals surface area (Å²) >= 11 is 0. The van der Waals surface area contributed by atoms with Crippen LogP contribution < -0.4 is 0 Å². The Morgan fingerprint density at radius 3 is 1.88 bits per heavy atom. The molecule has 0 fully saturated rings. The standard InChI is InChI=1S/C16H22/c1-8-9-10-14(6)16(13(4)5)11-15(7)12(2)3/h8-11H,1-2,4H2,3,5-7H3/b10-9+,15-11+,16-14+. The second-order valence-corrected chi connectivity index (χ2v) is 4.08. The first-order chi connectivity index (χ1) is 7.40. The van der Waals surface area contributed by atoms with Crippen molar-refractivity contribution >= 4 is 0 Å². The van der Waals surface area contributed by atoms with Gasteiger partial charge in [0, 0.05) is 0 Å². The Balaban J connectivity index is 5.40. The molecule has 0 bridgehead atoms. The molecular formula is C16H22. The van der Waals surface area contributed by atoms with E-state index in [2.05, 4.69) is 39.7 Å². The highest BCUT2D eigenvalue weighted by Crippen LogP contribution is 2.19. The van der Waals surface area contributed by atoms with Crippen molar-refractivity contribution in [2.45, 2.75) is 27.7 Å². The average molecular weight is 214 g/mol. The normalized spacial score (nSPS) is 13.6. The van der Waals surface area contributed by atoms with Crippen LogP contribution in [0.5, 0.6) is 0 Å². The zero-order chi connectivity index (χ0) is 12.7. The highest BCUT2D eigenvalue weighted by atomic mass is 14.0. The molecule has 0 atom stereocenters. The molecule has 0 radical (unpaired) electrons. The Morgan fingerprint density at radius 2 is 1.50 bits per heavy atom. The van der Waals surface area contributed by atoms with Gasteiger partial charge < -0.3 is 0 Å². The van der Waals surface area contributed by atoms with Gasteiger partial charge >= 0.3 is 0 Å². The topological polar surface area (TPSA) is 0 Å². The number of rotatable bonds is 5. The van der Waals surface area contributed by atoms with E-state index < -0.39 is 0 Å². The van der Waals surface area contributed by atoms with Crippen molar-refractivity contribution in [3.8, 4) is 0 Å². The van der Waals surface area contributed by atoms with Crippen LogP contribution >= 0.6 is 0 Å². The number of hydrogen-bond donors (Lipinski definition) is 0. The van der Waals surface area contributed by atoms with Crippen molar-refractivity contribution in [2.75, 3.05) is 0 Å². The fourth-order valence-corrected chi connectivity index (χ4v) is 1.22. The fraction of sp³-hybridized carbons (Fsp3) is 0.250. The van der Waals surface area contributed by atoms with Gasteiger partial charge in [-0.05, 0) is 44.4 Å². The number of allylic oxidation sites excluding steroid dienone is 9. The zero-order valence-electron chi connectivity index (χ0n) is 10.9. The maximum atomic E-state index is 4.01. The van der Waals surface area contributed by atoms with Crippen molar-refractivity contribution in [3.05, 3.63) is 71.9 Å². The van der Waals surface area contributed by atoms with Gasteiger partial charge in [-0.3, -0.25) is 0 Å². The SMILES string of the molecule is C=C/C=C/C(C)=C(\C=C(/C)C(=C)C)C(=C)C. The first-order valence-electron chi connectivity index (χ1n) is 5.40. The third-order valence-corrected chi connectivity index (χ3v) is 2.40. The monoisotopic (exact) mass is 214 g/mol. The lowest BCUT2D eigenvalue weighted by atomic mass is 9.98. The second-order valence-electron chi connectivity index (χ2n) is 4.08. The van der Waals surface area contributed by atoms with Gasteiger partial charge in [-0.1, -0.05) is 55.2 Å². The average Bonchev–Trinajstić information content (AvgIpc) is 2.21. The molecule has 0 saturated heterocycles. The van der Waals surface area contributed by atoms with Gasteiger partial charge in [0.1, 0.15) is 0 Å². The summed E-state index contributed by atoms with van der Waals surface area (Å²) in [4.78, 5) is 0. The lowest BCUT2D eigenvalue weighted by Crippen LogP contribution is -1.88. The smallest absolute Gasteiger partial charge is 0.0201 e. The van der Waals surface area contributed by atoms with Gasteiger partial charge in [-0.25, -0.2) is 0 Å². The molecule has 0 aromatic carbocycles.